The minimum Gasteiger partial charge on any atom is -0.465 e. The molecule has 0 amide bonds. The van der Waals surface area contributed by atoms with E-state index in [1.165, 1.54) is 89.7 Å². The summed E-state index contributed by atoms with van der Waals surface area (Å²) in [5.74, 6) is 0.110. The van der Waals surface area contributed by atoms with Gasteiger partial charge < -0.3 is 14.2 Å². The van der Waals surface area contributed by atoms with Crippen LogP contribution in [0, 0.1) is 0 Å². The first-order valence-corrected chi connectivity index (χ1v) is 14.8. The van der Waals surface area contributed by atoms with E-state index in [4.69, 9.17) is 14.2 Å². The van der Waals surface area contributed by atoms with Gasteiger partial charge in [0.15, 0.2) is 0 Å². The highest BCUT2D eigenvalue weighted by atomic mass is 16.7. The zero-order chi connectivity index (χ0) is 27.4. The van der Waals surface area contributed by atoms with Gasteiger partial charge in [-0.25, -0.2) is 9.59 Å². The maximum Gasteiger partial charge on any atom is 0.519 e. The molecule has 0 radical (unpaired) electrons. The second-order valence-corrected chi connectivity index (χ2v) is 10.1. The number of carbonyl (C=O) groups is 2. The van der Waals surface area contributed by atoms with Crippen LogP contribution in [-0.2, 0) is 17.6 Å². The Morgan fingerprint density at radius 1 is 0.605 bits per heavy atom. The largest absolute Gasteiger partial charge is 0.519 e. The smallest absolute Gasteiger partial charge is 0.465 e. The fourth-order valence-corrected chi connectivity index (χ4v) is 4.79. The molecule has 0 atom stereocenters. The highest BCUT2D eigenvalue weighted by Crippen LogP contribution is 2.28. The van der Waals surface area contributed by atoms with Crippen molar-refractivity contribution in [2.24, 2.45) is 0 Å². The fourth-order valence-electron chi connectivity index (χ4n) is 4.79. The summed E-state index contributed by atoms with van der Waals surface area (Å²) in [5.41, 5.74) is 2.54. The van der Waals surface area contributed by atoms with Gasteiger partial charge in [-0.05, 0) is 55.0 Å². The topological polar surface area (TPSA) is 61.8 Å². The molecule has 5 nitrogen and oxygen atoms in total. The molecular formula is C33H48O5. The number of rotatable bonds is 19. The SMILES string of the molecule is CCCCCCCCCc1cccc(OC(=O)Oc2ccccc2C(=O)OC)c1CCCCCCCCC. The van der Waals surface area contributed by atoms with E-state index in [-0.39, 0.29) is 11.3 Å². The summed E-state index contributed by atoms with van der Waals surface area (Å²) < 4.78 is 16.0. The van der Waals surface area contributed by atoms with Crippen molar-refractivity contribution in [3.63, 3.8) is 0 Å². The lowest BCUT2D eigenvalue weighted by Crippen LogP contribution is -2.17. The van der Waals surface area contributed by atoms with Crippen LogP contribution in [0.1, 0.15) is 125 Å². The molecule has 0 aromatic heterocycles. The Balaban J connectivity index is 2.05. The molecule has 2 aromatic rings. The molecular weight excluding hydrogens is 476 g/mol. The molecule has 0 N–H and O–H groups in total. The van der Waals surface area contributed by atoms with Gasteiger partial charge in [-0.3, -0.25) is 0 Å². The van der Waals surface area contributed by atoms with Crippen molar-refractivity contribution in [2.75, 3.05) is 7.11 Å². The third-order valence-corrected chi connectivity index (χ3v) is 6.99. The van der Waals surface area contributed by atoms with Crippen LogP contribution in [0.3, 0.4) is 0 Å². The number of ether oxygens (including phenoxy) is 3. The molecule has 0 aliphatic heterocycles. The molecule has 0 unspecified atom stereocenters. The zero-order valence-electron chi connectivity index (χ0n) is 23.9. The van der Waals surface area contributed by atoms with Crippen LogP contribution in [0.2, 0.25) is 0 Å². The van der Waals surface area contributed by atoms with E-state index in [1.54, 1.807) is 24.3 Å². The second kappa shape index (κ2) is 19.3. The predicted molar refractivity (Wildman–Crippen MR) is 154 cm³/mol. The molecule has 2 rings (SSSR count). The van der Waals surface area contributed by atoms with E-state index in [0.717, 1.165) is 31.2 Å². The number of hydrogen-bond acceptors (Lipinski definition) is 5. The first kappa shape index (κ1) is 31.4. The Morgan fingerprint density at radius 3 is 1.76 bits per heavy atom. The number of carbonyl (C=O) groups excluding carboxylic acids is 2. The van der Waals surface area contributed by atoms with Crippen LogP contribution in [-0.4, -0.2) is 19.2 Å². The molecule has 0 saturated carbocycles. The first-order valence-electron chi connectivity index (χ1n) is 14.8. The Hall–Kier alpha value is -2.82. The molecule has 0 spiro atoms. The summed E-state index contributed by atoms with van der Waals surface area (Å²) in [6.45, 7) is 4.48. The van der Waals surface area contributed by atoms with Gasteiger partial charge in [-0.15, -0.1) is 0 Å². The summed E-state index contributed by atoms with van der Waals surface area (Å²) in [6.07, 6.45) is 18.5. The molecule has 5 heteroatoms. The molecule has 0 fully saturated rings. The van der Waals surface area contributed by atoms with E-state index in [2.05, 4.69) is 19.9 Å². The van der Waals surface area contributed by atoms with Crippen molar-refractivity contribution in [3.8, 4) is 11.5 Å². The lowest BCUT2D eigenvalue weighted by atomic mass is 9.95. The highest BCUT2D eigenvalue weighted by Gasteiger charge is 2.18. The van der Waals surface area contributed by atoms with Gasteiger partial charge in [0.05, 0.1) is 7.11 Å². The van der Waals surface area contributed by atoms with Gasteiger partial charge in [0, 0.05) is 0 Å². The summed E-state index contributed by atoms with van der Waals surface area (Å²) in [7, 11) is 1.30. The molecule has 38 heavy (non-hydrogen) atoms. The van der Waals surface area contributed by atoms with Gasteiger partial charge in [0.25, 0.3) is 0 Å². The predicted octanol–water partition coefficient (Wildman–Crippen LogP) is 9.64. The van der Waals surface area contributed by atoms with Gasteiger partial charge in [-0.1, -0.05) is 115 Å². The average Bonchev–Trinajstić information content (AvgIpc) is 2.93. The van der Waals surface area contributed by atoms with Crippen LogP contribution in [0.5, 0.6) is 11.5 Å². The molecule has 0 heterocycles. The highest BCUT2D eigenvalue weighted by molar-refractivity contribution is 5.93. The number of methoxy groups -OCH3 is 1. The number of unbranched alkanes of at least 4 members (excludes halogenated alkanes) is 12. The van der Waals surface area contributed by atoms with Crippen LogP contribution in [0.4, 0.5) is 4.79 Å². The Labute approximate surface area is 230 Å². The molecule has 0 saturated heterocycles. The summed E-state index contributed by atoms with van der Waals surface area (Å²) in [5, 5.41) is 0. The minimum absolute atomic E-state index is 0.122. The number of benzene rings is 2. The third kappa shape index (κ3) is 11.7. The van der Waals surface area contributed by atoms with E-state index in [0.29, 0.717) is 5.75 Å². The number of para-hydroxylation sites is 1. The molecule has 0 aliphatic rings. The van der Waals surface area contributed by atoms with Crippen LogP contribution < -0.4 is 9.47 Å². The van der Waals surface area contributed by atoms with Crippen molar-refractivity contribution in [3.05, 3.63) is 59.2 Å². The normalized spacial score (nSPS) is 10.8. The first-order chi connectivity index (χ1) is 18.6. The standard InChI is InChI=1S/C33H48O5/c1-4-6-8-10-12-14-16-21-27-22-20-26-30(28(27)23-17-15-13-11-9-7-5-2)37-33(35)38-31-25-19-18-24-29(31)32(34)36-3/h18-20,22,24-26H,4-17,21,23H2,1-3H3. The van der Waals surface area contributed by atoms with Crippen molar-refractivity contribution in [1.29, 1.82) is 0 Å². The van der Waals surface area contributed by atoms with Crippen LogP contribution in [0.25, 0.3) is 0 Å². The van der Waals surface area contributed by atoms with Crippen LogP contribution in [0.15, 0.2) is 42.5 Å². The molecule has 2 aromatic carbocycles. The summed E-state index contributed by atoms with van der Waals surface area (Å²) >= 11 is 0. The van der Waals surface area contributed by atoms with Crippen molar-refractivity contribution < 1.29 is 23.8 Å². The van der Waals surface area contributed by atoms with Gasteiger partial charge in [0.1, 0.15) is 17.1 Å². The second-order valence-electron chi connectivity index (χ2n) is 10.1. The van der Waals surface area contributed by atoms with E-state index in [1.807, 2.05) is 12.1 Å². The number of hydrogen-bond donors (Lipinski definition) is 0. The van der Waals surface area contributed by atoms with E-state index in [9.17, 15) is 9.59 Å². The van der Waals surface area contributed by atoms with Crippen molar-refractivity contribution >= 4 is 12.1 Å². The van der Waals surface area contributed by atoms with Gasteiger partial charge >= 0.3 is 12.1 Å². The average molecular weight is 525 g/mol. The Bertz CT molecular complexity index is 952. The monoisotopic (exact) mass is 524 g/mol. The van der Waals surface area contributed by atoms with E-state index < -0.39 is 12.1 Å². The van der Waals surface area contributed by atoms with Gasteiger partial charge in [0.2, 0.25) is 0 Å². The lowest BCUT2D eigenvalue weighted by molar-refractivity contribution is 0.0597. The minimum atomic E-state index is -0.852. The maximum absolute atomic E-state index is 12.8. The molecule has 0 bridgehead atoms. The lowest BCUT2D eigenvalue weighted by Gasteiger charge is -2.15. The number of esters is 1. The van der Waals surface area contributed by atoms with Gasteiger partial charge in [-0.2, -0.15) is 0 Å². The van der Waals surface area contributed by atoms with Crippen molar-refractivity contribution in [1.82, 2.24) is 0 Å². The quantitative estimate of drug-likeness (QED) is 0.104. The maximum atomic E-state index is 12.8. The Kier molecular flexibility index (Phi) is 15.9. The summed E-state index contributed by atoms with van der Waals surface area (Å²) in [6, 6.07) is 12.5. The van der Waals surface area contributed by atoms with Crippen LogP contribution >= 0.6 is 0 Å². The molecule has 210 valence electrons. The zero-order valence-corrected chi connectivity index (χ0v) is 23.9. The van der Waals surface area contributed by atoms with E-state index >= 15 is 0 Å². The fraction of sp³-hybridized carbons (Fsp3) is 0.576. The summed E-state index contributed by atoms with van der Waals surface area (Å²) in [4.78, 5) is 24.8. The number of aryl methyl sites for hydroxylation is 1. The Morgan fingerprint density at radius 2 is 1.13 bits per heavy atom. The molecule has 0 aliphatic carbocycles. The third-order valence-electron chi connectivity index (χ3n) is 6.99. The van der Waals surface area contributed by atoms with Crippen molar-refractivity contribution in [2.45, 2.75) is 117 Å².